The lowest BCUT2D eigenvalue weighted by atomic mass is 9.84. The summed E-state index contributed by atoms with van der Waals surface area (Å²) < 4.78 is 0. The molecule has 0 saturated carbocycles. The highest BCUT2D eigenvalue weighted by atomic mass is 35.5. The highest BCUT2D eigenvalue weighted by molar-refractivity contribution is 6.30. The predicted molar refractivity (Wildman–Crippen MR) is 136 cm³/mol. The van der Waals surface area contributed by atoms with Crippen LogP contribution in [0.25, 0.3) is 6.08 Å². The number of carbonyl (C=O) groups is 2. The lowest BCUT2D eigenvalue weighted by Gasteiger charge is -2.39. The zero-order valence-corrected chi connectivity index (χ0v) is 19.6. The summed E-state index contributed by atoms with van der Waals surface area (Å²) in [6, 6.07) is 24.7. The van der Waals surface area contributed by atoms with Gasteiger partial charge in [0.05, 0.1) is 5.92 Å². The van der Waals surface area contributed by atoms with Gasteiger partial charge in [-0.15, -0.1) is 0 Å². The number of nitrogens with zero attached hydrogens (tertiary/aromatic N) is 2. The van der Waals surface area contributed by atoms with Gasteiger partial charge in [-0.2, -0.15) is 0 Å². The number of fused-ring (bicyclic) bond motifs is 1. The third-order valence-corrected chi connectivity index (χ3v) is 6.32. The Hall–Kier alpha value is -3.37. The molecule has 1 aliphatic heterocycles. The fraction of sp³-hybridized carbons (Fsp3) is 0.214. The largest absolute Gasteiger partial charge is 0.312 e. The average molecular weight is 459 g/mol. The summed E-state index contributed by atoms with van der Waals surface area (Å²) in [6.07, 6.45) is 4.00. The van der Waals surface area contributed by atoms with Crippen LogP contribution in [-0.2, 0) is 9.59 Å². The molecule has 3 aromatic rings. The van der Waals surface area contributed by atoms with E-state index in [-0.39, 0.29) is 23.8 Å². The van der Waals surface area contributed by atoms with Crippen molar-refractivity contribution in [2.75, 3.05) is 16.3 Å². The third-order valence-electron chi connectivity index (χ3n) is 6.06. The highest BCUT2D eigenvalue weighted by Crippen LogP contribution is 2.40. The van der Waals surface area contributed by atoms with E-state index in [2.05, 4.69) is 0 Å². The minimum absolute atomic E-state index is 0.0334. The molecule has 3 aromatic carbocycles. The number of halogens is 1. The summed E-state index contributed by atoms with van der Waals surface area (Å²) in [5.74, 6) is -0.380. The molecular weight excluding hydrogens is 432 g/mol. The summed E-state index contributed by atoms with van der Waals surface area (Å²) in [5, 5.41) is 0.636. The Morgan fingerprint density at radius 3 is 2.36 bits per heavy atom. The minimum atomic E-state index is -0.325. The molecule has 1 aliphatic rings. The van der Waals surface area contributed by atoms with Gasteiger partial charge in [0.2, 0.25) is 5.91 Å². The van der Waals surface area contributed by atoms with Gasteiger partial charge in [0.15, 0.2) is 0 Å². The van der Waals surface area contributed by atoms with E-state index < -0.39 is 0 Å². The van der Waals surface area contributed by atoms with Gasteiger partial charge in [0.1, 0.15) is 0 Å². The van der Waals surface area contributed by atoms with E-state index in [4.69, 9.17) is 11.6 Å². The zero-order chi connectivity index (χ0) is 23.4. The number of likely N-dealkylation sites (N-methyl/N-ethyl adjacent to an activating group) is 1. The van der Waals surface area contributed by atoms with Crippen LogP contribution in [0.15, 0.2) is 84.9 Å². The van der Waals surface area contributed by atoms with E-state index in [1.807, 2.05) is 86.7 Å². The number of amides is 2. The molecule has 2 atom stereocenters. The normalized spacial score (nSPS) is 17.6. The van der Waals surface area contributed by atoms with Crippen LogP contribution in [0.4, 0.5) is 11.4 Å². The molecule has 2 amide bonds. The van der Waals surface area contributed by atoms with Gasteiger partial charge in [0, 0.05) is 35.1 Å². The van der Waals surface area contributed by atoms with Gasteiger partial charge in [-0.1, -0.05) is 60.1 Å². The van der Waals surface area contributed by atoms with Crippen LogP contribution in [-0.4, -0.2) is 24.4 Å². The number of anilines is 2. The van der Waals surface area contributed by atoms with Crippen molar-refractivity contribution < 1.29 is 9.59 Å². The van der Waals surface area contributed by atoms with Crippen LogP contribution in [0.1, 0.15) is 37.3 Å². The van der Waals surface area contributed by atoms with E-state index in [1.54, 1.807) is 28.0 Å². The number of rotatable bonds is 5. The summed E-state index contributed by atoms with van der Waals surface area (Å²) in [4.78, 5) is 30.5. The van der Waals surface area contributed by atoms with Crippen molar-refractivity contribution in [2.24, 2.45) is 0 Å². The lowest BCUT2D eigenvalue weighted by molar-refractivity contribution is -0.121. The van der Waals surface area contributed by atoms with Crippen LogP contribution in [0.5, 0.6) is 0 Å². The van der Waals surface area contributed by atoms with Crippen molar-refractivity contribution in [3.8, 4) is 0 Å². The van der Waals surface area contributed by atoms with Crippen molar-refractivity contribution in [1.82, 2.24) is 0 Å². The smallest absolute Gasteiger partial charge is 0.251 e. The maximum Gasteiger partial charge on any atom is 0.251 e. The van der Waals surface area contributed by atoms with Crippen molar-refractivity contribution in [3.05, 3.63) is 101 Å². The van der Waals surface area contributed by atoms with Crippen LogP contribution in [0.2, 0.25) is 5.02 Å². The molecule has 0 aromatic heterocycles. The molecule has 0 aliphatic carbocycles. The third kappa shape index (κ3) is 4.86. The second kappa shape index (κ2) is 10.1. The number of carbonyl (C=O) groups excluding carboxylic acids is 2. The van der Waals surface area contributed by atoms with Crippen LogP contribution in [0.3, 0.4) is 0 Å². The first-order valence-electron chi connectivity index (χ1n) is 11.2. The molecule has 0 fully saturated rings. The molecule has 0 N–H and O–H groups in total. The number of hydrogen-bond donors (Lipinski definition) is 0. The van der Waals surface area contributed by atoms with E-state index in [0.29, 0.717) is 18.0 Å². The van der Waals surface area contributed by atoms with E-state index in [0.717, 1.165) is 22.5 Å². The fourth-order valence-electron chi connectivity index (χ4n) is 4.47. The molecule has 4 rings (SSSR count). The van der Waals surface area contributed by atoms with Gasteiger partial charge >= 0.3 is 0 Å². The Bertz CT molecular complexity index is 1160. The van der Waals surface area contributed by atoms with Crippen molar-refractivity contribution in [2.45, 2.75) is 32.2 Å². The monoisotopic (exact) mass is 458 g/mol. The Labute approximate surface area is 200 Å². The quantitative estimate of drug-likeness (QED) is 0.420. The first-order chi connectivity index (χ1) is 16.0. The maximum absolute atomic E-state index is 13.7. The number of hydrogen-bond acceptors (Lipinski definition) is 2. The molecule has 5 heteroatoms. The van der Waals surface area contributed by atoms with E-state index in [9.17, 15) is 9.59 Å². The van der Waals surface area contributed by atoms with Gasteiger partial charge in [-0.3, -0.25) is 9.59 Å². The van der Waals surface area contributed by atoms with Gasteiger partial charge < -0.3 is 9.80 Å². The molecule has 168 valence electrons. The van der Waals surface area contributed by atoms with Gasteiger partial charge in [-0.25, -0.2) is 0 Å². The highest BCUT2D eigenvalue weighted by Gasteiger charge is 2.38. The topological polar surface area (TPSA) is 40.6 Å². The number of para-hydroxylation sites is 1. The first kappa shape index (κ1) is 22.8. The summed E-state index contributed by atoms with van der Waals surface area (Å²) >= 11 is 6.04. The van der Waals surface area contributed by atoms with Gasteiger partial charge in [-0.05, 0) is 67.8 Å². The van der Waals surface area contributed by atoms with Crippen LogP contribution < -0.4 is 9.80 Å². The molecule has 0 unspecified atom stereocenters. The summed E-state index contributed by atoms with van der Waals surface area (Å²) in [7, 11) is 0. The zero-order valence-electron chi connectivity index (χ0n) is 18.8. The molecule has 0 bridgehead atoms. The molecule has 0 saturated heterocycles. The van der Waals surface area contributed by atoms with E-state index in [1.165, 1.54) is 0 Å². The standard InChI is InChI=1S/C28H27ClN2O2/c1-3-30(23-16-14-22(29)15-17-23)28(33)25-19-20(2)31(26-12-8-7-11-24(25)26)27(32)18-13-21-9-5-4-6-10-21/h4-18,20,25H,3,19H2,1-2H3/b18-13+/t20-,25-/m0/s1. The van der Waals surface area contributed by atoms with Crippen molar-refractivity contribution in [1.29, 1.82) is 0 Å². The fourth-order valence-corrected chi connectivity index (χ4v) is 4.60. The Balaban J connectivity index is 1.64. The SMILES string of the molecule is CCN(C(=O)[C@H]1C[C@H](C)N(C(=O)/C=C/c2ccccc2)c2ccccc21)c1ccc(Cl)cc1. The molecule has 0 radical (unpaired) electrons. The molecule has 1 heterocycles. The minimum Gasteiger partial charge on any atom is -0.312 e. The van der Waals surface area contributed by atoms with Crippen LogP contribution in [0, 0.1) is 0 Å². The molecule has 0 spiro atoms. The van der Waals surface area contributed by atoms with Crippen molar-refractivity contribution in [3.63, 3.8) is 0 Å². The van der Waals surface area contributed by atoms with Gasteiger partial charge in [0.25, 0.3) is 5.91 Å². The average Bonchev–Trinajstić information content (AvgIpc) is 2.84. The second-order valence-electron chi connectivity index (χ2n) is 8.21. The Morgan fingerprint density at radius 2 is 1.67 bits per heavy atom. The second-order valence-corrected chi connectivity index (χ2v) is 8.64. The molecule has 33 heavy (non-hydrogen) atoms. The summed E-state index contributed by atoms with van der Waals surface area (Å²) in [5.41, 5.74) is 3.47. The molecule has 4 nitrogen and oxygen atoms in total. The number of benzene rings is 3. The maximum atomic E-state index is 13.7. The first-order valence-corrected chi connectivity index (χ1v) is 11.6. The van der Waals surface area contributed by atoms with Crippen LogP contribution >= 0.6 is 11.6 Å². The van der Waals surface area contributed by atoms with E-state index >= 15 is 0 Å². The Kier molecular flexibility index (Phi) is 6.95. The predicted octanol–water partition coefficient (Wildman–Crippen LogP) is 6.32. The van der Waals surface area contributed by atoms with Crippen molar-refractivity contribution >= 4 is 40.9 Å². The Morgan fingerprint density at radius 1 is 1.00 bits per heavy atom. The lowest BCUT2D eigenvalue weighted by Crippen LogP contribution is -2.46. The summed E-state index contributed by atoms with van der Waals surface area (Å²) in [6.45, 7) is 4.52. The molecular formula is C28H27ClN2O2.